The van der Waals surface area contributed by atoms with E-state index in [0.29, 0.717) is 0 Å². The van der Waals surface area contributed by atoms with Gasteiger partial charge in [-0.25, -0.2) is 4.79 Å². The number of carbonyl (C=O) groups is 1. The quantitative estimate of drug-likeness (QED) is 0.217. The maximum atomic E-state index is 12.2. The minimum atomic E-state index is -2.63. The SMILES string of the molecule is C#C[C@]1(CO[P+](=O)N[C@@H](C)C(=O)OC(C)C)OC(n2cc(C)c(=O)[nH]c2=O)C(O)C1O. The fraction of sp³-hybridized carbons (Fsp3) is 0.611. The van der Waals surface area contributed by atoms with Crippen LogP contribution in [0.15, 0.2) is 15.8 Å². The van der Waals surface area contributed by atoms with Crippen molar-refractivity contribution < 1.29 is 33.6 Å². The van der Waals surface area contributed by atoms with Crippen molar-refractivity contribution in [1.82, 2.24) is 14.6 Å². The standard InChI is InChI=1S/C18H24N3O9P/c1-6-18(8-28-31(27)20-11(5)16(25)29-9(2)3)13(23)12(22)15(30-18)21-7-10(4)14(24)19-17(21)26/h1,7,9,11-13,15,22-23H,8H2,2-5H3,(H-,19,20,24,26,27)/p+1/t11-,12?,13?,15?,18+/m0/s1. The van der Waals surface area contributed by atoms with E-state index >= 15 is 0 Å². The molecular weight excluding hydrogens is 433 g/mol. The molecule has 1 aromatic heterocycles. The summed E-state index contributed by atoms with van der Waals surface area (Å²) in [5, 5.41) is 23.3. The second-order valence-electron chi connectivity index (χ2n) is 7.32. The third-order valence-corrected chi connectivity index (χ3v) is 5.45. The van der Waals surface area contributed by atoms with E-state index in [1.165, 1.54) is 13.8 Å². The molecule has 0 saturated carbocycles. The summed E-state index contributed by atoms with van der Waals surface area (Å²) in [6, 6.07) is -0.955. The summed E-state index contributed by atoms with van der Waals surface area (Å²) >= 11 is 0. The van der Waals surface area contributed by atoms with Crippen LogP contribution in [0.3, 0.4) is 0 Å². The van der Waals surface area contributed by atoms with Gasteiger partial charge < -0.3 is 19.7 Å². The average molecular weight is 458 g/mol. The Balaban J connectivity index is 2.13. The molecule has 31 heavy (non-hydrogen) atoms. The molecule has 4 unspecified atom stereocenters. The average Bonchev–Trinajstić information content (AvgIpc) is 2.94. The van der Waals surface area contributed by atoms with E-state index in [1.807, 2.05) is 0 Å². The lowest BCUT2D eigenvalue weighted by atomic mass is 9.97. The first-order valence-corrected chi connectivity index (χ1v) is 10.5. The predicted octanol–water partition coefficient (Wildman–Crippen LogP) is -0.929. The zero-order valence-electron chi connectivity index (χ0n) is 17.4. The summed E-state index contributed by atoms with van der Waals surface area (Å²) in [7, 11) is -2.63. The van der Waals surface area contributed by atoms with Crippen molar-refractivity contribution >= 4 is 14.1 Å². The number of esters is 1. The summed E-state index contributed by atoms with van der Waals surface area (Å²) < 4.78 is 28.7. The molecule has 0 bridgehead atoms. The van der Waals surface area contributed by atoms with Crippen LogP contribution in [0.2, 0.25) is 0 Å². The number of H-pyrrole nitrogens is 1. The Morgan fingerprint density at radius 2 is 2.10 bits per heavy atom. The molecule has 0 aliphatic carbocycles. The van der Waals surface area contributed by atoms with Crippen LogP contribution in [0.4, 0.5) is 0 Å². The van der Waals surface area contributed by atoms with E-state index in [9.17, 15) is 29.2 Å². The Labute approximate surface area is 178 Å². The molecule has 13 heteroatoms. The summed E-state index contributed by atoms with van der Waals surface area (Å²) in [6.45, 7) is 5.54. The predicted molar refractivity (Wildman–Crippen MR) is 107 cm³/mol. The van der Waals surface area contributed by atoms with Crippen molar-refractivity contribution in [2.75, 3.05) is 6.61 Å². The third kappa shape index (κ3) is 5.46. The maximum absolute atomic E-state index is 12.2. The smallest absolute Gasteiger partial charge is 0.462 e. The molecule has 4 N–H and O–H groups in total. The number of aromatic amines is 1. The van der Waals surface area contributed by atoms with Crippen molar-refractivity contribution in [1.29, 1.82) is 0 Å². The number of nitrogens with zero attached hydrogens (tertiary/aromatic N) is 1. The second-order valence-corrected chi connectivity index (χ2v) is 8.35. The molecule has 170 valence electrons. The number of aryl methyl sites for hydroxylation is 1. The van der Waals surface area contributed by atoms with E-state index in [2.05, 4.69) is 16.0 Å². The number of hydrogen-bond acceptors (Lipinski definition) is 9. The number of hydrogen-bond donors (Lipinski definition) is 4. The number of rotatable bonds is 8. The number of aliphatic hydroxyl groups excluding tert-OH is 2. The van der Waals surface area contributed by atoms with Crippen LogP contribution in [0.1, 0.15) is 32.6 Å². The van der Waals surface area contributed by atoms with Gasteiger partial charge in [0.25, 0.3) is 5.56 Å². The first kappa shape index (κ1) is 24.9. The molecule has 1 saturated heterocycles. The molecule has 6 atom stereocenters. The van der Waals surface area contributed by atoms with Crippen molar-refractivity contribution in [2.24, 2.45) is 0 Å². The van der Waals surface area contributed by atoms with Crippen LogP contribution in [-0.4, -0.2) is 62.3 Å². The van der Waals surface area contributed by atoms with Crippen molar-refractivity contribution in [3.8, 4) is 12.3 Å². The van der Waals surface area contributed by atoms with Gasteiger partial charge in [-0.3, -0.25) is 19.1 Å². The fourth-order valence-corrected chi connectivity index (χ4v) is 3.61. The van der Waals surface area contributed by atoms with Crippen molar-refractivity contribution in [3.63, 3.8) is 0 Å². The summed E-state index contributed by atoms with van der Waals surface area (Å²) in [5.74, 6) is 1.52. The Bertz CT molecular complexity index is 998. The van der Waals surface area contributed by atoms with Crippen LogP contribution < -0.4 is 16.3 Å². The molecule has 0 radical (unpaired) electrons. The Morgan fingerprint density at radius 1 is 1.45 bits per heavy atom. The minimum absolute atomic E-state index is 0.161. The summed E-state index contributed by atoms with van der Waals surface area (Å²) in [4.78, 5) is 37.5. The van der Waals surface area contributed by atoms with Gasteiger partial charge in [-0.2, -0.15) is 0 Å². The van der Waals surface area contributed by atoms with Gasteiger partial charge in [-0.05, 0) is 32.3 Å². The number of nitrogens with one attached hydrogen (secondary N) is 2. The minimum Gasteiger partial charge on any atom is -0.462 e. The lowest BCUT2D eigenvalue weighted by Gasteiger charge is -2.23. The summed E-state index contributed by atoms with van der Waals surface area (Å²) in [6.07, 6.45) is 1.46. The molecule has 12 nitrogen and oxygen atoms in total. The number of carbonyl (C=O) groups excluding carboxylic acids is 1. The topological polar surface area (TPSA) is 169 Å². The summed E-state index contributed by atoms with van der Waals surface area (Å²) in [5.41, 5.74) is -3.30. The fourth-order valence-electron chi connectivity index (χ4n) is 2.80. The van der Waals surface area contributed by atoms with Gasteiger partial charge >= 0.3 is 19.8 Å². The highest BCUT2D eigenvalue weighted by molar-refractivity contribution is 7.36. The largest absolute Gasteiger partial charge is 0.613 e. The Kier molecular flexibility index (Phi) is 7.88. The Hall–Kier alpha value is -2.39. The number of terminal acetylenes is 1. The maximum Gasteiger partial charge on any atom is 0.613 e. The zero-order valence-corrected chi connectivity index (χ0v) is 18.3. The second kappa shape index (κ2) is 9.82. The molecule has 0 aromatic carbocycles. The van der Waals surface area contributed by atoms with E-state index in [4.69, 9.17) is 20.4 Å². The third-order valence-electron chi connectivity index (χ3n) is 4.49. The lowest BCUT2D eigenvalue weighted by Crippen LogP contribution is -2.45. The van der Waals surface area contributed by atoms with Crippen molar-refractivity contribution in [2.45, 2.75) is 63.9 Å². The van der Waals surface area contributed by atoms with Crippen LogP contribution in [0.5, 0.6) is 0 Å². The molecular formula is C18H25N3O9P+. The van der Waals surface area contributed by atoms with Crippen LogP contribution >= 0.6 is 8.18 Å². The number of aliphatic hydroxyl groups is 2. The molecule has 2 heterocycles. The van der Waals surface area contributed by atoms with Crippen molar-refractivity contribution in [3.05, 3.63) is 32.6 Å². The molecule has 1 aromatic rings. The molecule has 1 fully saturated rings. The number of aromatic nitrogens is 2. The molecule has 1 aliphatic heterocycles. The lowest BCUT2D eigenvalue weighted by molar-refractivity contribution is -0.149. The highest BCUT2D eigenvalue weighted by atomic mass is 31.1. The van der Waals surface area contributed by atoms with Crippen LogP contribution in [-0.2, 0) is 23.4 Å². The van der Waals surface area contributed by atoms with Gasteiger partial charge in [0.2, 0.25) is 0 Å². The van der Waals surface area contributed by atoms with E-state index < -0.39 is 62.1 Å². The van der Waals surface area contributed by atoms with Gasteiger partial charge in [0.1, 0.15) is 24.9 Å². The first-order valence-electron chi connectivity index (χ1n) is 9.32. The van der Waals surface area contributed by atoms with Gasteiger partial charge in [0.15, 0.2) is 11.8 Å². The molecule has 0 amide bonds. The van der Waals surface area contributed by atoms with Crippen LogP contribution in [0, 0.1) is 19.3 Å². The van der Waals surface area contributed by atoms with E-state index in [-0.39, 0.29) is 11.7 Å². The monoisotopic (exact) mass is 458 g/mol. The van der Waals surface area contributed by atoms with Gasteiger partial charge in [-0.1, -0.05) is 11.0 Å². The first-order chi connectivity index (χ1) is 14.4. The normalized spacial score (nSPS) is 27.0. The van der Waals surface area contributed by atoms with E-state index in [1.54, 1.807) is 13.8 Å². The molecule has 0 spiro atoms. The zero-order chi connectivity index (χ0) is 23.5. The highest BCUT2D eigenvalue weighted by Crippen LogP contribution is 2.38. The molecule has 2 rings (SSSR count). The molecule has 1 aliphatic rings. The highest BCUT2D eigenvalue weighted by Gasteiger charge is 2.56. The van der Waals surface area contributed by atoms with Gasteiger partial charge in [-0.15, -0.1) is 10.9 Å². The number of ether oxygens (including phenoxy) is 2. The van der Waals surface area contributed by atoms with Gasteiger partial charge in [0.05, 0.1) is 6.10 Å². The Morgan fingerprint density at radius 3 is 2.68 bits per heavy atom. The van der Waals surface area contributed by atoms with E-state index in [0.717, 1.165) is 10.8 Å². The van der Waals surface area contributed by atoms with Gasteiger partial charge in [0, 0.05) is 11.8 Å². The van der Waals surface area contributed by atoms with Crippen LogP contribution in [0.25, 0.3) is 0 Å².